The van der Waals surface area contributed by atoms with Crippen LogP contribution in [0.25, 0.3) is 0 Å². The van der Waals surface area contributed by atoms with Crippen LogP contribution in [0.5, 0.6) is 0 Å². The highest BCUT2D eigenvalue weighted by molar-refractivity contribution is 5.94. The van der Waals surface area contributed by atoms with Crippen LogP contribution < -0.4 is 5.32 Å². The molecule has 0 aromatic carbocycles. The van der Waals surface area contributed by atoms with E-state index >= 15 is 0 Å². The molecule has 2 rings (SSSR count). The standard InChI is InChI=1S/C14H18N2O3/c1-8-4-3-5-11(8)16-13(17)12-7-6-10(14(18)19)9(2)15-12/h6-8,11H,3-5H2,1-2H3,(H,16,17)(H,18,19). The van der Waals surface area contributed by atoms with Gasteiger partial charge in [-0.05, 0) is 37.8 Å². The first-order valence-corrected chi connectivity index (χ1v) is 6.51. The van der Waals surface area contributed by atoms with Gasteiger partial charge in [0.15, 0.2) is 0 Å². The van der Waals surface area contributed by atoms with Crippen molar-refractivity contribution < 1.29 is 14.7 Å². The summed E-state index contributed by atoms with van der Waals surface area (Å²) < 4.78 is 0. The molecule has 1 aromatic rings. The van der Waals surface area contributed by atoms with Gasteiger partial charge in [0.05, 0.1) is 11.3 Å². The number of carbonyl (C=O) groups is 2. The summed E-state index contributed by atoms with van der Waals surface area (Å²) in [5.74, 6) is -0.761. The number of pyridine rings is 1. The third-order valence-electron chi connectivity index (χ3n) is 3.73. The zero-order valence-corrected chi connectivity index (χ0v) is 11.1. The Bertz CT molecular complexity index is 513. The lowest BCUT2D eigenvalue weighted by molar-refractivity contribution is 0.0694. The van der Waals surface area contributed by atoms with E-state index in [0.29, 0.717) is 11.6 Å². The topological polar surface area (TPSA) is 79.3 Å². The first kappa shape index (κ1) is 13.5. The maximum Gasteiger partial charge on any atom is 0.337 e. The number of aromatic nitrogens is 1. The van der Waals surface area contributed by atoms with Gasteiger partial charge in [-0.1, -0.05) is 13.3 Å². The van der Waals surface area contributed by atoms with Crippen LogP contribution in [0.1, 0.15) is 52.7 Å². The second-order valence-electron chi connectivity index (χ2n) is 5.12. The molecule has 0 saturated heterocycles. The summed E-state index contributed by atoms with van der Waals surface area (Å²) in [6.07, 6.45) is 3.27. The monoisotopic (exact) mass is 262 g/mol. The van der Waals surface area contributed by atoms with E-state index in [4.69, 9.17) is 5.11 Å². The molecule has 1 aliphatic carbocycles. The highest BCUT2D eigenvalue weighted by Gasteiger charge is 2.25. The lowest BCUT2D eigenvalue weighted by Gasteiger charge is -2.17. The summed E-state index contributed by atoms with van der Waals surface area (Å²) >= 11 is 0. The van der Waals surface area contributed by atoms with Crippen LogP contribution >= 0.6 is 0 Å². The number of aromatic carboxylic acids is 1. The van der Waals surface area contributed by atoms with Gasteiger partial charge in [0.2, 0.25) is 0 Å². The van der Waals surface area contributed by atoms with Crippen molar-refractivity contribution in [3.63, 3.8) is 0 Å². The highest BCUT2D eigenvalue weighted by Crippen LogP contribution is 2.25. The molecule has 0 radical (unpaired) electrons. The van der Waals surface area contributed by atoms with Crippen LogP contribution in [0, 0.1) is 12.8 Å². The number of carboxylic acids is 1. The Labute approximate surface area is 112 Å². The molecule has 0 bridgehead atoms. The number of nitrogens with one attached hydrogen (secondary N) is 1. The number of carbonyl (C=O) groups excluding carboxylic acids is 1. The number of hydrogen-bond donors (Lipinski definition) is 2. The minimum atomic E-state index is -1.03. The van der Waals surface area contributed by atoms with E-state index in [9.17, 15) is 9.59 Å². The van der Waals surface area contributed by atoms with Crippen LogP contribution in [0.15, 0.2) is 12.1 Å². The fourth-order valence-electron chi connectivity index (χ4n) is 2.52. The maximum absolute atomic E-state index is 12.1. The van der Waals surface area contributed by atoms with Crippen LogP contribution in [0.4, 0.5) is 0 Å². The predicted octanol–water partition coefficient (Wildman–Crippen LogP) is 2.01. The van der Waals surface area contributed by atoms with Gasteiger partial charge in [0.1, 0.15) is 5.69 Å². The molecule has 2 N–H and O–H groups in total. The molecule has 5 heteroatoms. The summed E-state index contributed by atoms with van der Waals surface area (Å²) in [5.41, 5.74) is 0.770. The van der Waals surface area contributed by atoms with Crippen LogP contribution in [-0.4, -0.2) is 28.0 Å². The van der Waals surface area contributed by atoms with Gasteiger partial charge < -0.3 is 10.4 Å². The van der Waals surface area contributed by atoms with E-state index in [0.717, 1.165) is 19.3 Å². The fraction of sp³-hybridized carbons (Fsp3) is 0.500. The molecule has 0 spiro atoms. The molecule has 1 aromatic heterocycles. The minimum Gasteiger partial charge on any atom is -0.478 e. The molecule has 1 aliphatic rings. The van der Waals surface area contributed by atoms with Gasteiger partial charge in [0.25, 0.3) is 5.91 Å². The van der Waals surface area contributed by atoms with E-state index < -0.39 is 5.97 Å². The van der Waals surface area contributed by atoms with Gasteiger partial charge in [-0.3, -0.25) is 4.79 Å². The molecule has 2 atom stereocenters. The van der Waals surface area contributed by atoms with Gasteiger partial charge >= 0.3 is 5.97 Å². The fourth-order valence-corrected chi connectivity index (χ4v) is 2.52. The molecular weight excluding hydrogens is 244 g/mol. The smallest absolute Gasteiger partial charge is 0.337 e. The van der Waals surface area contributed by atoms with E-state index in [1.807, 2.05) is 0 Å². The van der Waals surface area contributed by atoms with Crippen molar-refractivity contribution in [2.24, 2.45) is 5.92 Å². The second kappa shape index (κ2) is 5.38. The Morgan fingerprint density at radius 2 is 2.11 bits per heavy atom. The molecule has 2 unspecified atom stereocenters. The molecule has 1 saturated carbocycles. The zero-order chi connectivity index (χ0) is 14.0. The average molecular weight is 262 g/mol. The lowest BCUT2D eigenvalue weighted by Crippen LogP contribution is -2.36. The van der Waals surface area contributed by atoms with E-state index in [1.165, 1.54) is 12.1 Å². The van der Waals surface area contributed by atoms with Gasteiger partial charge in [-0.25, -0.2) is 9.78 Å². The van der Waals surface area contributed by atoms with Crippen molar-refractivity contribution in [2.45, 2.75) is 39.2 Å². The maximum atomic E-state index is 12.1. The number of rotatable bonds is 3. The van der Waals surface area contributed by atoms with Crippen LogP contribution in [-0.2, 0) is 0 Å². The number of aryl methyl sites for hydroxylation is 1. The molecule has 102 valence electrons. The lowest BCUT2D eigenvalue weighted by atomic mass is 10.1. The average Bonchev–Trinajstić information content (AvgIpc) is 2.74. The van der Waals surface area contributed by atoms with E-state index in [-0.39, 0.29) is 23.2 Å². The van der Waals surface area contributed by atoms with Crippen molar-refractivity contribution >= 4 is 11.9 Å². The number of nitrogens with zero attached hydrogens (tertiary/aromatic N) is 1. The summed E-state index contributed by atoms with van der Waals surface area (Å²) in [5, 5.41) is 11.9. The Kier molecular flexibility index (Phi) is 3.83. The Morgan fingerprint density at radius 1 is 1.37 bits per heavy atom. The van der Waals surface area contributed by atoms with Gasteiger partial charge in [-0.15, -0.1) is 0 Å². The summed E-state index contributed by atoms with van der Waals surface area (Å²) in [6.45, 7) is 3.72. The number of hydrogen-bond acceptors (Lipinski definition) is 3. The van der Waals surface area contributed by atoms with Crippen molar-refractivity contribution in [2.75, 3.05) is 0 Å². The third kappa shape index (κ3) is 2.92. The number of amides is 1. The van der Waals surface area contributed by atoms with Crippen LogP contribution in [0.3, 0.4) is 0 Å². The summed E-state index contributed by atoms with van der Waals surface area (Å²) in [6, 6.07) is 3.09. The molecule has 1 amide bonds. The van der Waals surface area contributed by atoms with E-state index in [2.05, 4.69) is 17.2 Å². The van der Waals surface area contributed by atoms with Crippen LogP contribution in [0.2, 0.25) is 0 Å². The number of carboxylic acid groups (broad SMARTS) is 1. The summed E-state index contributed by atoms with van der Waals surface area (Å²) in [7, 11) is 0. The Morgan fingerprint density at radius 3 is 2.63 bits per heavy atom. The van der Waals surface area contributed by atoms with Gasteiger partial charge in [-0.2, -0.15) is 0 Å². The predicted molar refractivity (Wildman–Crippen MR) is 70.2 cm³/mol. The van der Waals surface area contributed by atoms with Crippen molar-refractivity contribution in [3.8, 4) is 0 Å². The molecule has 1 fully saturated rings. The first-order valence-electron chi connectivity index (χ1n) is 6.51. The summed E-state index contributed by atoms with van der Waals surface area (Å²) in [4.78, 5) is 27.0. The molecule has 0 aliphatic heterocycles. The van der Waals surface area contributed by atoms with E-state index in [1.54, 1.807) is 6.92 Å². The zero-order valence-electron chi connectivity index (χ0n) is 11.1. The third-order valence-corrected chi connectivity index (χ3v) is 3.73. The first-order chi connectivity index (χ1) is 8.99. The highest BCUT2D eigenvalue weighted by atomic mass is 16.4. The minimum absolute atomic E-state index is 0.130. The normalized spacial score (nSPS) is 22.2. The largest absolute Gasteiger partial charge is 0.478 e. The van der Waals surface area contributed by atoms with Gasteiger partial charge in [0, 0.05) is 6.04 Å². The van der Waals surface area contributed by atoms with Crippen molar-refractivity contribution in [3.05, 3.63) is 29.1 Å². The molecular formula is C14H18N2O3. The Hall–Kier alpha value is -1.91. The van der Waals surface area contributed by atoms with Crippen molar-refractivity contribution in [1.29, 1.82) is 0 Å². The molecule has 1 heterocycles. The van der Waals surface area contributed by atoms with Crippen molar-refractivity contribution in [1.82, 2.24) is 10.3 Å². The SMILES string of the molecule is Cc1nc(C(=O)NC2CCCC2C)ccc1C(=O)O. The molecule has 5 nitrogen and oxygen atoms in total. The Balaban J connectivity index is 2.11. The molecule has 19 heavy (non-hydrogen) atoms. The quantitative estimate of drug-likeness (QED) is 0.873. The second-order valence-corrected chi connectivity index (χ2v) is 5.12.